The molecule has 0 aliphatic carbocycles. The molecule has 0 aromatic heterocycles. The summed E-state index contributed by atoms with van der Waals surface area (Å²) < 4.78 is 25.0. The number of likely N-dealkylation sites (tertiary alicyclic amines) is 1. The number of thiocarbonyl (C=S) groups is 1. The van der Waals surface area contributed by atoms with Gasteiger partial charge in [0.05, 0.1) is 12.1 Å². The van der Waals surface area contributed by atoms with Crippen LogP contribution in [0.4, 0.5) is 4.39 Å². The first kappa shape index (κ1) is 18.0. The number of ether oxygens (including phenoxy) is 2. The molecule has 3 nitrogen and oxygen atoms in total. The average Bonchev–Trinajstić information content (AvgIpc) is 3.15. The van der Waals surface area contributed by atoms with Crippen LogP contribution in [0.25, 0.3) is 0 Å². The van der Waals surface area contributed by atoms with E-state index in [-0.39, 0.29) is 6.61 Å². The molecule has 3 rings (SSSR count). The zero-order valence-electron chi connectivity index (χ0n) is 13.9. The Morgan fingerprint density at radius 1 is 1.20 bits per heavy atom. The Morgan fingerprint density at radius 3 is 2.64 bits per heavy atom. The highest BCUT2D eigenvalue weighted by Crippen LogP contribution is 2.31. The summed E-state index contributed by atoms with van der Waals surface area (Å²) >= 11 is 11.6. The molecule has 1 aliphatic rings. The highest BCUT2D eigenvalue weighted by atomic mass is 35.5. The molecule has 0 amide bonds. The lowest BCUT2D eigenvalue weighted by atomic mass is 10.2. The summed E-state index contributed by atoms with van der Waals surface area (Å²) in [5.74, 6) is 0.694. The van der Waals surface area contributed by atoms with Crippen molar-refractivity contribution < 1.29 is 13.9 Å². The fourth-order valence-electron chi connectivity index (χ4n) is 2.84. The summed E-state index contributed by atoms with van der Waals surface area (Å²) in [6.45, 7) is 2.01. The molecule has 2 aromatic carbocycles. The molecular formula is C19H19ClFNO2S. The molecule has 132 valence electrons. The van der Waals surface area contributed by atoms with Crippen molar-refractivity contribution in [2.75, 3.05) is 20.2 Å². The van der Waals surface area contributed by atoms with Crippen molar-refractivity contribution in [3.05, 3.63) is 58.4 Å². The van der Waals surface area contributed by atoms with E-state index in [0.717, 1.165) is 23.6 Å². The number of hydrogen-bond donors (Lipinski definition) is 0. The zero-order chi connectivity index (χ0) is 17.8. The Labute approximate surface area is 157 Å². The molecule has 6 heteroatoms. The monoisotopic (exact) mass is 379 g/mol. The molecule has 0 unspecified atom stereocenters. The molecular weight excluding hydrogens is 361 g/mol. The van der Waals surface area contributed by atoms with Crippen molar-refractivity contribution in [1.82, 2.24) is 4.90 Å². The lowest BCUT2D eigenvalue weighted by Crippen LogP contribution is -2.26. The fraction of sp³-hybridized carbons (Fsp3) is 0.316. The summed E-state index contributed by atoms with van der Waals surface area (Å²) in [6, 6.07) is 10.1. The average molecular weight is 380 g/mol. The fourth-order valence-corrected chi connectivity index (χ4v) is 3.37. The number of hydrogen-bond acceptors (Lipinski definition) is 3. The maximum Gasteiger partial charge on any atom is 0.161 e. The second-order valence-corrected chi connectivity index (χ2v) is 6.65. The quantitative estimate of drug-likeness (QED) is 0.693. The number of halogens is 2. The highest BCUT2D eigenvalue weighted by Gasteiger charge is 2.18. The second-order valence-electron chi connectivity index (χ2n) is 5.85. The van der Waals surface area contributed by atoms with Gasteiger partial charge >= 0.3 is 0 Å². The predicted octanol–water partition coefficient (Wildman–Crippen LogP) is 4.84. The Morgan fingerprint density at radius 2 is 1.96 bits per heavy atom. The number of nitrogens with zero attached hydrogens (tertiary/aromatic N) is 1. The predicted molar refractivity (Wildman–Crippen MR) is 101 cm³/mol. The first-order valence-electron chi connectivity index (χ1n) is 8.13. The number of methoxy groups -OCH3 is 1. The van der Waals surface area contributed by atoms with E-state index in [1.165, 1.54) is 18.9 Å². The van der Waals surface area contributed by atoms with E-state index in [0.29, 0.717) is 22.1 Å². The van der Waals surface area contributed by atoms with E-state index in [4.69, 9.17) is 33.3 Å². The molecule has 1 saturated heterocycles. The topological polar surface area (TPSA) is 21.7 Å². The van der Waals surface area contributed by atoms with Crippen molar-refractivity contribution >= 4 is 28.8 Å². The minimum atomic E-state index is -0.390. The molecule has 1 heterocycles. The van der Waals surface area contributed by atoms with Crippen molar-refractivity contribution in [2.24, 2.45) is 0 Å². The molecule has 1 fully saturated rings. The van der Waals surface area contributed by atoms with E-state index >= 15 is 0 Å². The lowest BCUT2D eigenvalue weighted by molar-refractivity contribution is 0.280. The second kappa shape index (κ2) is 8.02. The van der Waals surface area contributed by atoms with Crippen LogP contribution in [0.1, 0.15) is 24.0 Å². The van der Waals surface area contributed by atoms with Gasteiger partial charge in [0.15, 0.2) is 11.5 Å². The van der Waals surface area contributed by atoms with Gasteiger partial charge in [0.1, 0.15) is 17.4 Å². The maximum absolute atomic E-state index is 13.9. The van der Waals surface area contributed by atoms with Crippen LogP contribution in [-0.2, 0) is 6.61 Å². The largest absolute Gasteiger partial charge is 0.493 e. The smallest absolute Gasteiger partial charge is 0.161 e. The Balaban J connectivity index is 1.77. The van der Waals surface area contributed by atoms with Crippen LogP contribution in [0, 0.1) is 5.82 Å². The molecule has 25 heavy (non-hydrogen) atoms. The first-order chi connectivity index (χ1) is 12.1. The third-order valence-electron chi connectivity index (χ3n) is 4.24. The third-order valence-corrected chi connectivity index (χ3v) is 5.09. The lowest BCUT2D eigenvalue weighted by Gasteiger charge is -2.20. The highest BCUT2D eigenvalue weighted by molar-refractivity contribution is 7.80. The van der Waals surface area contributed by atoms with Gasteiger partial charge in [-0.05, 0) is 43.2 Å². The molecule has 0 saturated carbocycles. The Hall–Kier alpha value is -1.85. The third kappa shape index (κ3) is 4.05. The number of benzene rings is 2. The van der Waals surface area contributed by atoms with E-state index in [1.54, 1.807) is 25.3 Å². The normalized spacial score (nSPS) is 13.8. The molecule has 0 radical (unpaired) electrons. The van der Waals surface area contributed by atoms with Gasteiger partial charge in [0, 0.05) is 24.2 Å². The van der Waals surface area contributed by atoms with E-state index in [2.05, 4.69) is 4.90 Å². The van der Waals surface area contributed by atoms with Crippen LogP contribution < -0.4 is 9.47 Å². The molecule has 0 atom stereocenters. The van der Waals surface area contributed by atoms with E-state index in [1.807, 2.05) is 12.1 Å². The summed E-state index contributed by atoms with van der Waals surface area (Å²) in [4.78, 5) is 3.02. The molecule has 0 N–H and O–H groups in total. The van der Waals surface area contributed by atoms with Gasteiger partial charge in [-0.15, -0.1) is 0 Å². The van der Waals surface area contributed by atoms with Crippen LogP contribution in [0.2, 0.25) is 5.02 Å². The molecule has 2 aromatic rings. The first-order valence-corrected chi connectivity index (χ1v) is 8.92. The van der Waals surface area contributed by atoms with Crippen LogP contribution in [0.3, 0.4) is 0 Å². The Bertz CT molecular complexity index is 758. The van der Waals surface area contributed by atoms with Crippen LogP contribution in [-0.4, -0.2) is 30.1 Å². The molecule has 0 bridgehead atoms. The van der Waals surface area contributed by atoms with Gasteiger partial charge in [-0.2, -0.15) is 0 Å². The molecule has 1 aliphatic heterocycles. The van der Waals surface area contributed by atoms with Gasteiger partial charge < -0.3 is 14.4 Å². The SMILES string of the molecule is COc1cc(C(=S)N2CCCC2)ccc1OCc1c(F)cccc1Cl. The maximum atomic E-state index is 13.9. The van der Waals surface area contributed by atoms with Gasteiger partial charge in [0.25, 0.3) is 0 Å². The van der Waals surface area contributed by atoms with Gasteiger partial charge in [0.2, 0.25) is 0 Å². The zero-order valence-corrected chi connectivity index (χ0v) is 15.5. The van der Waals surface area contributed by atoms with E-state index in [9.17, 15) is 4.39 Å². The standard InChI is InChI=1S/C19H19ClFNO2S/c1-23-18-11-13(19(25)22-9-2-3-10-22)7-8-17(18)24-12-14-15(20)5-4-6-16(14)21/h4-8,11H,2-3,9-10,12H2,1H3. The van der Waals surface area contributed by atoms with Gasteiger partial charge in [-0.1, -0.05) is 29.9 Å². The van der Waals surface area contributed by atoms with Crippen molar-refractivity contribution in [1.29, 1.82) is 0 Å². The van der Waals surface area contributed by atoms with Crippen LogP contribution >= 0.6 is 23.8 Å². The summed E-state index contributed by atoms with van der Waals surface area (Å²) in [5, 5.41) is 0.339. The minimum absolute atomic E-state index is 0.0256. The summed E-state index contributed by atoms with van der Waals surface area (Å²) in [7, 11) is 1.57. The minimum Gasteiger partial charge on any atom is -0.493 e. The summed E-state index contributed by atoms with van der Waals surface area (Å²) in [6.07, 6.45) is 2.34. The summed E-state index contributed by atoms with van der Waals surface area (Å²) in [5.41, 5.74) is 1.24. The van der Waals surface area contributed by atoms with Crippen LogP contribution in [0.15, 0.2) is 36.4 Å². The number of rotatable bonds is 5. The van der Waals surface area contributed by atoms with E-state index < -0.39 is 5.82 Å². The van der Waals surface area contributed by atoms with Crippen molar-refractivity contribution in [2.45, 2.75) is 19.4 Å². The Kier molecular flexibility index (Phi) is 5.76. The van der Waals surface area contributed by atoms with Crippen LogP contribution in [0.5, 0.6) is 11.5 Å². The van der Waals surface area contributed by atoms with Gasteiger partial charge in [-0.25, -0.2) is 4.39 Å². The van der Waals surface area contributed by atoms with Crippen molar-refractivity contribution in [3.8, 4) is 11.5 Å². The van der Waals surface area contributed by atoms with Gasteiger partial charge in [-0.3, -0.25) is 0 Å². The van der Waals surface area contributed by atoms with Crippen molar-refractivity contribution in [3.63, 3.8) is 0 Å². The molecule has 0 spiro atoms.